The van der Waals surface area contributed by atoms with Crippen LogP contribution in [0.3, 0.4) is 0 Å². The van der Waals surface area contributed by atoms with E-state index >= 15 is 0 Å². The molecule has 1 heterocycles. The summed E-state index contributed by atoms with van der Waals surface area (Å²) in [5.74, 6) is -0.107. The van der Waals surface area contributed by atoms with Crippen LogP contribution in [-0.2, 0) is 10.0 Å². The minimum Gasteiger partial charge on any atom is -0.319 e. The monoisotopic (exact) mass is 469 g/mol. The minimum absolute atomic E-state index is 0.0350. The van der Waals surface area contributed by atoms with Crippen LogP contribution >= 0.6 is 23.2 Å². The second-order valence-corrected chi connectivity index (χ2v) is 10.1. The number of hydrogen-bond acceptors (Lipinski definition) is 4. The van der Waals surface area contributed by atoms with Gasteiger partial charge in [0.15, 0.2) is 0 Å². The van der Waals surface area contributed by atoms with Gasteiger partial charge in [-0.15, -0.1) is 0 Å². The first-order valence-electron chi connectivity index (χ1n) is 9.78. The molecule has 0 spiro atoms. The molecule has 0 aromatic heterocycles. The van der Waals surface area contributed by atoms with E-state index in [1.54, 1.807) is 12.1 Å². The van der Waals surface area contributed by atoms with Gasteiger partial charge >= 0.3 is 0 Å². The van der Waals surface area contributed by atoms with Crippen LogP contribution in [0.4, 0.5) is 5.69 Å². The van der Waals surface area contributed by atoms with Gasteiger partial charge in [-0.05, 0) is 69.5 Å². The molecule has 1 fully saturated rings. The Morgan fingerprint density at radius 1 is 1.13 bits per heavy atom. The highest BCUT2D eigenvalue weighted by molar-refractivity contribution is 7.89. The van der Waals surface area contributed by atoms with Crippen LogP contribution in [0.15, 0.2) is 41.3 Å². The number of amides is 1. The van der Waals surface area contributed by atoms with Crippen molar-refractivity contribution >= 4 is 44.8 Å². The van der Waals surface area contributed by atoms with Gasteiger partial charge in [0.1, 0.15) is 0 Å². The van der Waals surface area contributed by atoms with Crippen LogP contribution in [0.5, 0.6) is 0 Å². The van der Waals surface area contributed by atoms with Crippen molar-refractivity contribution in [1.29, 1.82) is 0 Å². The van der Waals surface area contributed by atoms with Crippen molar-refractivity contribution < 1.29 is 13.2 Å². The predicted octanol–water partition coefficient (Wildman–Crippen LogP) is 4.22. The lowest BCUT2D eigenvalue weighted by Gasteiger charge is -2.28. The first kappa shape index (κ1) is 23.0. The van der Waals surface area contributed by atoms with Crippen molar-refractivity contribution in [2.45, 2.75) is 37.6 Å². The minimum atomic E-state index is -3.81. The molecule has 9 heteroatoms. The molecule has 1 aliphatic heterocycles. The molecule has 0 aliphatic carbocycles. The van der Waals surface area contributed by atoms with Gasteiger partial charge in [-0.25, -0.2) is 13.1 Å². The second-order valence-electron chi connectivity index (χ2n) is 7.53. The van der Waals surface area contributed by atoms with E-state index in [2.05, 4.69) is 15.4 Å². The van der Waals surface area contributed by atoms with Crippen LogP contribution in [0.2, 0.25) is 10.0 Å². The molecule has 3 rings (SSSR count). The van der Waals surface area contributed by atoms with E-state index in [0.717, 1.165) is 31.5 Å². The van der Waals surface area contributed by atoms with E-state index in [-0.39, 0.29) is 38.5 Å². The molecule has 1 aliphatic rings. The smallest absolute Gasteiger partial charge is 0.256 e. The number of rotatable bonds is 6. The Kier molecular flexibility index (Phi) is 7.42. The molecule has 3 N–H and O–H groups in total. The van der Waals surface area contributed by atoms with E-state index < -0.39 is 10.0 Å². The van der Waals surface area contributed by atoms with Gasteiger partial charge in [-0.2, -0.15) is 0 Å². The number of piperidine rings is 1. The number of benzene rings is 2. The number of carbonyl (C=O) groups is 1. The third-order valence-corrected chi connectivity index (χ3v) is 7.52. The number of sulfonamides is 1. The molecule has 1 amide bonds. The molecule has 2 aromatic rings. The molecule has 1 saturated heterocycles. The van der Waals surface area contributed by atoms with Crippen molar-refractivity contribution in [3.63, 3.8) is 0 Å². The standard InChI is InChI=1S/C21H25Cl2N3O3S/c1-13-5-3-4-6-17(13)21(27)25-20-18(22)11-16(12-19(20)23)30(28,29)26-14(2)15-7-9-24-10-8-15/h3-6,11-12,14-15,24,26H,7-10H2,1-2H3,(H,25,27)/t14-/m1/s1. The Balaban J connectivity index is 1.79. The number of hydrogen-bond donors (Lipinski definition) is 3. The number of carbonyl (C=O) groups excluding carboxylic acids is 1. The van der Waals surface area contributed by atoms with Crippen LogP contribution < -0.4 is 15.4 Å². The fourth-order valence-corrected chi connectivity index (χ4v) is 5.66. The largest absolute Gasteiger partial charge is 0.319 e. The van der Waals surface area contributed by atoms with Crippen LogP contribution in [0, 0.1) is 12.8 Å². The molecular weight excluding hydrogens is 445 g/mol. The van der Waals surface area contributed by atoms with Crippen molar-refractivity contribution in [3.8, 4) is 0 Å². The SMILES string of the molecule is Cc1ccccc1C(=O)Nc1c(Cl)cc(S(=O)(=O)N[C@H](C)C2CCNCC2)cc1Cl. The lowest BCUT2D eigenvalue weighted by atomic mass is 9.92. The molecular formula is C21H25Cl2N3O3S. The fourth-order valence-electron chi connectivity index (χ4n) is 3.59. The lowest BCUT2D eigenvalue weighted by Crippen LogP contribution is -2.42. The number of anilines is 1. The normalized spacial score (nSPS) is 16.3. The van der Waals surface area contributed by atoms with Gasteiger partial charge in [0.25, 0.3) is 5.91 Å². The zero-order valence-corrected chi connectivity index (χ0v) is 19.2. The van der Waals surface area contributed by atoms with Crippen LogP contribution in [-0.4, -0.2) is 33.5 Å². The molecule has 162 valence electrons. The summed E-state index contributed by atoms with van der Waals surface area (Å²) in [5, 5.41) is 6.06. The maximum absolute atomic E-state index is 12.9. The topological polar surface area (TPSA) is 87.3 Å². The van der Waals surface area contributed by atoms with Crippen molar-refractivity contribution in [3.05, 3.63) is 57.6 Å². The zero-order valence-electron chi connectivity index (χ0n) is 16.8. The first-order chi connectivity index (χ1) is 14.2. The summed E-state index contributed by atoms with van der Waals surface area (Å²) in [6.07, 6.45) is 1.82. The van der Waals surface area contributed by atoms with E-state index in [0.29, 0.717) is 5.56 Å². The number of aryl methyl sites for hydroxylation is 1. The van der Waals surface area contributed by atoms with Gasteiger partial charge in [0, 0.05) is 11.6 Å². The van der Waals surface area contributed by atoms with Crippen LogP contribution in [0.1, 0.15) is 35.7 Å². The zero-order chi connectivity index (χ0) is 21.9. The predicted molar refractivity (Wildman–Crippen MR) is 121 cm³/mol. The summed E-state index contributed by atoms with van der Waals surface area (Å²) in [6.45, 7) is 5.45. The molecule has 0 radical (unpaired) electrons. The summed E-state index contributed by atoms with van der Waals surface area (Å²) in [5.41, 5.74) is 1.47. The Morgan fingerprint density at radius 2 is 1.73 bits per heavy atom. The summed E-state index contributed by atoms with van der Waals surface area (Å²) in [6, 6.07) is 9.51. The molecule has 1 atom stereocenters. The number of nitrogens with one attached hydrogen (secondary N) is 3. The highest BCUT2D eigenvalue weighted by Crippen LogP contribution is 2.34. The Hall–Kier alpha value is -1.64. The summed E-state index contributed by atoms with van der Waals surface area (Å²) in [7, 11) is -3.81. The lowest BCUT2D eigenvalue weighted by molar-refractivity contribution is 0.102. The quantitative estimate of drug-likeness (QED) is 0.590. The Bertz CT molecular complexity index is 1010. The molecule has 0 unspecified atom stereocenters. The second kappa shape index (κ2) is 9.66. The molecule has 0 saturated carbocycles. The Labute approximate surface area is 187 Å². The average Bonchev–Trinajstić information content (AvgIpc) is 2.71. The van der Waals surface area contributed by atoms with Crippen molar-refractivity contribution in [1.82, 2.24) is 10.0 Å². The van der Waals surface area contributed by atoms with E-state index in [4.69, 9.17) is 23.2 Å². The maximum atomic E-state index is 12.9. The third-order valence-electron chi connectivity index (χ3n) is 5.39. The first-order valence-corrected chi connectivity index (χ1v) is 12.0. The summed E-state index contributed by atoms with van der Waals surface area (Å²) < 4.78 is 28.4. The number of halogens is 2. The highest BCUT2D eigenvalue weighted by Gasteiger charge is 2.26. The molecule has 30 heavy (non-hydrogen) atoms. The van der Waals surface area contributed by atoms with Crippen LogP contribution in [0.25, 0.3) is 0 Å². The van der Waals surface area contributed by atoms with Crippen molar-refractivity contribution in [2.24, 2.45) is 5.92 Å². The van der Waals surface area contributed by atoms with Crippen molar-refractivity contribution in [2.75, 3.05) is 18.4 Å². The van der Waals surface area contributed by atoms with Gasteiger partial charge in [-0.1, -0.05) is 41.4 Å². The summed E-state index contributed by atoms with van der Waals surface area (Å²) in [4.78, 5) is 12.5. The van der Waals surface area contributed by atoms with Gasteiger partial charge in [-0.3, -0.25) is 4.79 Å². The fraction of sp³-hybridized carbons (Fsp3) is 0.381. The van der Waals surface area contributed by atoms with Gasteiger partial charge < -0.3 is 10.6 Å². The average molecular weight is 470 g/mol. The molecule has 2 aromatic carbocycles. The van der Waals surface area contributed by atoms with Gasteiger partial charge in [0.2, 0.25) is 10.0 Å². The third kappa shape index (κ3) is 5.34. The maximum Gasteiger partial charge on any atom is 0.256 e. The Morgan fingerprint density at radius 3 is 2.33 bits per heavy atom. The highest BCUT2D eigenvalue weighted by atomic mass is 35.5. The molecule has 6 nitrogen and oxygen atoms in total. The summed E-state index contributed by atoms with van der Waals surface area (Å²) >= 11 is 12.6. The van der Waals surface area contributed by atoms with E-state index in [1.165, 1.54) is 12.1 Å². The van der Waals surface area contributed by atoms with E-state index in [1.807, 2.05) is 26.0 Å². The molecule has 0 bridgehead atoms. The van der Waals surface area contributed by atoms with Gasteiger partial charge in [0.05, 0.1) is 20.6 Å². The van der Waals surface area contributed by atoms with E-state index in [9.17, 15) is 13.2 Å².